The molecular formula is C19H20N4O. The number of rotatable bonds is 5. The van der Waals surface area contributed by atoms with Gasteiger partial charge in [-0.05, 0) is 43.7 Å². The molecule has 3 rings (SSSR count). The lowest BCUT2D eigenvalue weighted by Gasteiger charge is -2.08. The number of nitrogens with one attached hydrogen (secondary N) is 1. The molecule has 2 heterocycles. The molecule has 0 aliphatic heterocycles. The van der Waals surface area contributed by atoms with Crippen LogP contribution < -0.4 is 5.32 Å². The molecule has 3 aromatic rings. The Bertz CT molecular complexity index is 840. The van der Waals surface area contributed by atoms with Crippen LogP contribution in [-0.4, -0.2) is 27.2 Å². The predicted molar refractivity (Wildman–Crippen MR) is 93.7 cm³/mol. The van der Waals surface area contributed by atoms with Gasteiger partial charge in [0.05, 0.1) is 12.2 Å². The highest BCUT2D eigenvalue weighted by Gasteiger charge is 2.09. The molecule has 2 aromatic heterocycles. The zero-order valence-electron chi connectivity index (χ0n) is 13.9. The molecule has 0 atom stereocenters. The summed E-state index contributed by atoms with van der Waals surface area (Å²) in [6.07, 6.45) is 3.54. The first-order valence-electron chi connectivity index (χ1n) is 7.94. The average Bonchev–Trinajstić information content (AvgIpc) is 2.97. The minimum atomic E-state index is -0.0506. The molecular weight excluding hydrogens is 300 g/mol. The Labute approximate surface area is 141 Å². The summed E-state index contributed by atoms with van der Waals surface area (Å²) >= 11 is 0. The quantitative estimate of drug-likeness (QED) is 0.786. The second kappa shape index (κ2) is 7.08. The third-order valence-electron chi connectivity index (χ3n) is 3.94. The van der Waals surface area contributed by atoms with Gasteiger partial charge in [0.25, 0.3) is 5.91 Å². The van der Waals surface area contributed by atoms with E-state index in [1.807, 2.05) is 61.0 Å². The molecule has 0 saturated heterocycles. The van der Waals surface area contributed by atoms with Gasteiger partial charge in [-0.2, -0.15) is 5.10 Å². The van der Waals surface area contributed by atoms with Crippen molar-refractivity contribution in [1.29, 1.82) is 0 Å². The number of amides is 1. The van der Waals surface area contributed by atoms with Crippen molar-refractivity contribution < 1.29 is 4.79 Å². The molecule has 5 nitrogen and oxygen atoms in total. The van der Waals surface area contributed by atoms with Gasteiger partial charge in [-0.25, -0.2) is 0 Å². The Morgan fingerprint density at radius 3 is 2.75 bits per heavy atom. The fourth-order valence-corrected chi connectivity index (χ4v) is 2.59. The summed E-state index contributed by atoms with van der Waals surface area (Å²) in [7, 11) is 0. The molecule has 0 radical (unpaired) electrons. The van der Waals surface area contributed by atoms with Gasteiger partial charge in [-0.3, -0.25) is 14.5 Å². The lowest BCUT2D eigenvalue weighted by molar-refractivity contribution is 0.0951. The molecule has 122 valence electrons. The first kappa shape index (κ1) is 15.9. The summed E-state index contributed by atoms with van der Waals surface area (Å²) < 4.78 is 1.90. The Morgan fingerprint density at radius 2 is 2.00 bits per heavy atom. The average molecular weight is 320 g/mol. The normalized spacial score (nSPS) is 10.6. The van der Waals surface area contributed by atoms with Crippen molar-refractivity contribution in [1.82, 2.24) is 20.1 Å². The van der Waals surface area contributed by atoms with Gasteiger partial charge < -0.3 is 5.32 Å². The molecule has 1 N–H and O–H groups in total. The lowest BCUT2D eigenvalue weighted by atomic mass is 10.1. The first-order chi connectivity index (χ1) is 11.6. The van der Waals surface area contributed by atoms with E-state index in [0.29, 0.717) is 18.7 Å². The third-order valence-corrected chi connectivity index (χ3v) is 3.94. The summed E-state index contributed by atoms with van der Waals surface area (Å²) in [6.45, 7) is 5.11. The van der Waals surface area contributed by atoms with Crippen molar-refractivity contribution in [3.05, 3.63) is 71.7 Å². The number of hydrogen-bond acceptors (Lipinski definition) is 3. The van der Waals surface area contributed by atoms with Crippen molar-refractivity contribution in [2.24, 2.45) is 0 Å². The summed E-state index contributed by atoms with van der Waals surface area (Å²) in [6, 6.07) is 13.5. The second-order valence-electron chi connectivity index (χ2n) is 5.71. The number of carbonyl (C=O) groups excluding carboxylic acids is 1. The summed E-state index contributed by atoms with van der Waals surface area (Å²) in [5, 5.41) is 7.54. The van der Waals surface area contributed by atoms with Crippen LogP contribution in [0.1, 0.15) is 21.6 Å². The van der Waals surface area contributed by atoms with E-state index in [0.717, 1.165) is 22.5 Å². The zero-order valence-corrected chi connectivity index (χ0v) is 13.9. The fourth-order valence-electron chi connectivity index (χ4n) is 2.59. The van der Waals surface area contributed by atoms with Gasteiger partial charge in [-0.1, -0.05) is 18.2 Å². The van der Waals surface area contributed by atoms with E-state index in [2.05, 4.69) is 15.4 Å². The molecule has 1 amide bonds. The lowest BCUT2D eigenvalue weighted by Crippen LogP contribution is -2.28. The van der Waals surface area contributed by atoms with Crippen LogP contribution in [0.5, 0.6) is 0 Å². The van der Waals surface area contributed by atoms with Gasteiger partial charge in [0, 0.05) is 35.8 Å². The Hall–Kier alpha value is -2.95. The highest BCUT2D eigenvalue weighted by molar-refractivity contribution is 5.95. The van der Waals surface area contributed by atoms with Crippen LogP contribution in [0.15, 0.2) is 54.9 Å². The molecule has 0 fully saturated rings. The predicted octanol–water partition coefficient (Wildman–Crippen LogP) is 2.99. The van der Waals surface area contributed by atoms with Crippen LogP contribution in [-0.2, 0) is 6.54 Å². The van der Waals surface area contributed by atoms with E-state index in [4.69, 9.17) is 0 Å². The van der Waals surface area contributed by atoms with E-state index in [1.54, 1.807) is 12.4 Å². The molecule has 0 unspecified atom stereocenters. The van der Waals surface area contributed by atoms with E-state index >= 15 is 0 Å². The van der Waals surface area contributed by atoms with Gasteiger partial charge in [-0.15, -0.1) is 0 Å². The number of pyridine rings is 1. The van der Waals surface area contributed by atoms with Crippen LogP contribution >= 0.6 is 0 Å². The van der Waals surface area contributed by atoms with Crippen molar-refractivity contribution in [2.45, 2.75) is 20.4 Å². The van der Waals surface area contributed by atoms with Crippen LogP contribution in [0.4, 0.5) is 0 Å². The number of carbonyl (C=O) groups is 1. The van der Waals surface area contributed by atoms with Gasteiger partial charge in [0.2, 0.25) is 0 Å². The van der Waals surface area contributed by atoms with Crippen molar-refractivity contribution in [3.8, 4) is 11.3 Å². The standard InChI is InChI=1S/C19H20N4O/c1-14-6-3-4-8-17(14)19(24)21-10-11-23-15(2)12-18(22-23)16-7-5-9-20-13-16/h3-9,12-13H,10-11H2,1-2H3,(H,21,24). The topological polar surface area (TPSA) is 59.8 Å². The number of aryl methyl sites for hydroxylation is 2. The van der Waals surface area contributed by atoms with Gasteiger partial charge in [0.15, 0.2) is 0 Å². The molecule has 0 bridgehead atoms. The van der Waals surface area contributed by atoms with Gasteiger partial charge in [0.1, 0.15) is 0 Å². The van der Waals surface area contributed by atoms with Gasteiger partial charge >= 0.3 is 0 Å². The van der Waals surface area contributed by atoms with E-state index in [1.165, 1.54) is 0 Å². The number of hydrogen-bond donors (Lipinski definition) is 1. The molecule has 1 aromatic carbocycles. The third kappa shape index (κ3) is 3.51. The monoisotopic (exact) mass is 320 g/mol. The summed E-state index contributed by atoms with van der Waals surface area (Å²) in [5.74, 6) is -0.0506. The highest BCUT2D eigenvalue weighted by atomic mass is 16.1. The maximum absolute atomic E-state index is 12.2. The Morgan fingerprint density at radius 1 is 1.17 bits per heavy atom. The highest BCUT2D eigenvalue weighted by Crippen LogP contribution is 2.17. The molecule has 0 saturated carbocycles. The molecule has 5 heteroatoms. The van der Waals surface area contributed by atoms with E-state index in [9.17, 15) is 4.79 Å². The first-order valence-corrected chi connectivity index (χ1v) is 7.94. The largest absolute Gasteiger partial charge is 0.350 e. The van der Waals surface area contributed by atoms with E-state index in [-0.39, 0.29) is 5.91 Å². The number of aromatic nitrogens is 3. The minimum absolute atomic E-state index is 0.0506. The Balaban J connectivity index is 1.62. The maximum atomic E-state index is 12.2. The Kier molecular flexibility index (Phi) is 4.70. The van der Waals surface area contributed by atoms with Crippen LogP contribution in [0.25, 0.3) is 11.3 Å². The minimum Gasteiger partial charge on any atom is -0.350 e. The van der Waals surface area contributed by atoms with Crippen molar-refractivity contribution in [2.75, 3.05) is 6.54 Å². The second-order valence-corrected chi connectivity index (χ2v) is 5.71. The van der Waals surface area contributed by atoms with Crippen molar-refractivity contribution >= 4 is 5.91 Å². The van der Waals surface area contributed by atoms with E-state index < -0.39 is 0 Å². The molecule has 0 spiro atoms. The molecule has 0 aliphatic rings. The fraction of sp³-hybridized carbons (Fsp3) is 0.211. The summed E-state index contributed by atoms with van der Waals surface area (Å²) in [4.78, 5) is 16.3. The number of nitrogens with zero attached hydrogens (tertiary/aromatic N) is 3. The zero-order chi connectivity index (χ0) is 16.9. The van der Waals surface area contributed by atoms with Crippen molar-refractivity contribution in [3.63, 3.8) is 0 Å². The smallest absolute Gasteiger partial charge is 0.251 e. The van der Waals surface area contributed by atoms with Crippen LogP contribution in [0.3, 0.4) is 0 Å². The maximum Gasteiger partial charge on any atom is 0.251 e. The summed E-state index contributed by atoms with van der Waals surface area (Å²) in [5.41, 5.74) is 4.63. The number of benzene rings is 1. The SMILES string of the molecule is Cc1ccccc1C(=O)NCCn1nc(-c2cccnc2)cc1C. The van der Waals surface area contributed by atoms with Crippen LogP contribution in [0, 0.1) is 13.8 Å². The molecule has 0 aliphatic carbocycles. The van der Waals surface area contributed by atoms with Crippen LogP contribution in [0.2, 0.25) is 0 Å². The molecule has 24 heavy (non-hydrogen) atoms.